The molecule has 19 heteroatoms. The van der Waals surface area contributed by atoms with Crippen LogP contribution in [0.3, 0.4) is 0 Å². The van der Waals surface area contributed by atoms with Crippen molar-refractivity contribution in [1.82, 2.24) is 0 Å². The van der Waals surface area contributed by atoms with E-state index in [1.807, 2.05) is 0 Å². The lowest BCUT2D eigenvalue weighted by atomic mass is 10.1. The first kappa shape index (κ1) is 77.5. The van der Waals surface area contributed by atoms with Gasteiger partial charge < -0.3 is 33.8 Å². The van der Waals surface area contributed by atoms with E-state index in [9.17, 15) is 43.2 Å². The van der Waals surface area contributed by atoms with E-state index in [1.165, 1.54) is 77.0 Å². The first-order chi connectivity index (χ1) is 38.7. The lowest BCUT2D eigenvalue weighted by Crippen LogP contribution is -2.30. The summed E-state index contributed by atoms with van der Waals surface area (Å²) in [7, 11) is -9.88. The van der Waals surface area contributed by atoms with Crippen LogP contribution in [0.2, 0.25) is 0 Å². The summed E-state index contributed by atoms with van der Waals surface area (Å²) < 4.78 is 67.6. The molecule has 0 aliphatic rings. The third kappa shape index (κ3) is 54.8. The molecule has 0 aliphatic carbocycles. The molecule has 3 N–H and O–H groups in total. The molecule has 0 rings (SSSR count). The second kappa shape index (κ2) is 55.7. The number of unbranched alkanes of at least 4 members (excludes halogenated alkanes) is 31. The number of carbonyl (C=O) groups excluding carboxylic acids is 4. The number of phosphoric acid groups is 2. The van der Waals surface area contributed by atoms with Gasteiger partial charge in [0.05, 0.1) is 26.4 Å². The molecule has 0 aromatic heterocycles. The van der Waals surface area contributed by atoms with Crippen molar-refractivity contribution in [3.63, 3.8) is 0 Å². The Hall–Kier alpha value is -2.46. The van der Waals surface area contributed by atoms with Crippen LogP contribution in [-0.4, -0.2) is 96.7 Å². The summed E-state index contributed by atoms with van der Waals surface area (Å²) >= 11 is 0. The fourth-order valence-electron chi connectivity index (χ4n) is 8.56. The normalized spacial score (nSPS) is 14.4. The minimum atomic E-state index is -4.95. The van der Waals surface area contributed by atoms with Crippen LogP contribution in [0.15, 0.2) is 24.3 Å². The summed E-state index contributed by atoms with van der Waals surface area (Å²) in [6.45, 7) is 4.72. The number of phosphoric ester groups is 2. The van der Waals surface area contributed by atoms with E-state index in [1.54, 1.807) is 0 Å². The number of carbonyl (C=O) groups is 4. The van der Waals surface area contributed by atoms with E-state index < -0.39 is 97.5 Å². The van der Waals surface area contributed by atoms with Crippen LogP contribution in [0.1, 0.15) is 285 Å². The third-order valence-electron chi connectivity index (χ3n) is 13.5. The number of hydrogen-bond donors (Lipinski definition) is 3. The molecule has 0 saturated heterocycles. The topological polar surface area (TPSA) is 237 Å². The van der Waals surface area contributed by atoms with Gasteiger partial charge in [-0.25, -0.2) is 9.13 Å². The maximum Gasteiger partial charge on any atom is 0.472 e. The van der Waals surface area contributed by atoms with Crippen molar-refractivity contribution in [1.29, 1.82) is 0 Å². The molecular formula is C61H114O17P2. The summed E-state index contributed by atoms with van der Waals surface area (Å²) in [5, 5.41) is 10.5. The van der Waals surface area contributed by atoms with Crippen molar-refractivity contribution < 1.29 is 80.2 Å². The quantitative estimate of drug-likeness (QED) is 0.0169. The highest BCUT2D eigenvalue weighted by atomic mass is 31.2. The molecule has 0 saturated carbocycles. The number of aliphatic hydroxyl groups is 1. The monoisotopic (exact) mass is 1180 g/mol. The van der Waals surface area contributed by atoms with Crippen molar-refractivity contribution in [2.75, 3.05) is 39.6 Å². The van der Waals surface area contributed by atoms with Gasteiger partial charge in [0.15, 0.2) is 12.2 Å². The first-order valence-corrected chi connectivity index (χ1v) is 34.6. The Morgan fingerprint density at radius 2 is 0.600 bits per heavy atom. The van der Waals surface area contributed by atoms with Crippen LogP contribution in [0.4, 0.5) is 0 Å². The first-order valence-electron chi connectivity index (χ1n) is 31.6. The maximum absolute atomic E-state index is 12.9. The van der Waals surface area contributed by atoms with E-state index in [-0.39, 0.29) is 25.7 Å². The molecule has 0 fully saturated rings. The number of hydrogen-bond acceptors (Lipinski definition) is 15. The number of allylic oxidation sites excluding steroid dienone is 4. The number of esters is 4. The van der Waals surface area contributed by atoms with Crippen LogP contribution in [0.5, 0.6) is 0 Å². The predicted molar refractivity (Wildman–Crippen MR) is 317 cm³/mol. The summed E-state index contributed by atoms with van der Waals surface area (Å²) in [5.74, 6) is -2.18. The van der Waals surface area contributed by atoms with E-state index >= 15 is 0 Å². The zero-order chi connectivity index (χ0) is 59.1. The fraction of sp³-hybridized carbons (Fsp3) is 0.869. The Bertz CT molecular complexity index is 1640. The third-order valence-corrected chi connectivity index (χ3v) is 15.4. The lowest BCUT2D eigenvalue weighted by Gasteiger charge is -2.21. The second-order valence-electron chi connectivity index (χ2n) is 21.4. The van der Waals surface area contributed by atoms with Crippen molar-refractivity contribution in [3.05, 3.63) is 24.3 Å². The van der Waals surface area contributed by atoms with Crippen LogP contribution in [-0.2, 0) is 65.4 Å². The van der Waals surface area contributed by atoms with E-state index in [2.05, 4.69) is 52.0 Å². The minimum Gasteiger partial charge on any atom is -0.462 e. The van der Waals surface area contributed by atoms with E-state index in [4.69, 9.17) is 37.0 Å². The zero-order valence-electron chi connectivity index (χ0n) is 50.5. The molecule has 2 unspecified atom stereocenters. The molecule has 80 heavy (non-hydrogen) atoms. The maximum atomic E-state index is 12.9. The average Bonchev–Trinajstić information content (AvgIpc) is 3.43. The molecule has 0 spiro atoms. The van der Waals surface area contributed by atoms with Gasteiger partial charge in [0.25, 0.3) is 0 Å². The van der Waals surface area contributed by atoms with Crippen LogP contribution in [0.25, 0.3) is 0 Å². The van der Waals surface area contributed by atoms with Gasteiger partial charge in [0.2, 0.25) is 0 Å². The van der Waals surface area contributed by atoms with Crippen molar-refractivity contribution >= 4 is 39.5 Å². The Morgan fingerprint density at radius 1 is 0.350 bits per heavy atom. The highest BCUT2D eigenvalue weighted by Crippen LogP contribution is 2.45. The van der Waals surface area contributed by atoms with Gasteiger partial charge in [0.1, 0.15) is 19.3 Å². The minimum absolute atomic E-state index is 0.0853. The van der Waals surface area contributed by atoms with Crippen molar-refractivity contribution in [3.8, 4) is 0 Å². The molecule has 0 bridgehead atoms. The van der Waals surface area contributed by atoms with Gasteiger partial charge in [-0.05, 0) is 51.4 Å². The van der Waals surface area contributed by atoms with Crippen LogP contribution >= 0.6 is 15.6 Å². The van der Waals surface area contributed by atoms with Crippen LogP contribution in [0, 0.1) is 0 Å². The molecule has 470 valence electrons. The fourth-order valence-corrected chi connectivity index (χ4v) is 10.1. The molecule has 5 atom stereocenters. The van der Waals surface area contributed by atoms with Crippen molar-refractivity contribution in [2.24, 2.45) is 0 Å². The van der Waals surface area contributed by atoms with Gasteiger partial charge in [-0.1, -0.05) is 232 Å². The Morgan fingerprint density at radius 3 is 0.912 bits per heavy atom. The van der Waals surface area contributed by atoms with E-state index in [0.29, 0.717) is 25.7 Å². The lowest BCUT2D eigenvalue weighted by molar-refractivity contribution is -0.161. The van der Waals surface area contributed by atoms with Gasteiger partial charge in [-0.3, -0.25) is 37.3 Å². The highest BCUT2D eigenvalue weighted by Gasteiger charge is 2.30. The smallest absolute Gasteiger partial charge is 0.462 e. The molecule has 0 aliphatic heterocycles. The summed E-state index contributed by atoms with van der Waals surface area (Å²) in [5.41, 5.74) is 0. The van der Waals surface area contributed by atoms with Crippen molar-refractivity contribution in [2.45, 2.75) is 303 Å². The Kier molecular flexibility index (Phi) is 54.0. The SMILES string of the molecule is CCCCCC/C=C\C=C/CCCCCCCC(=O)O[C@H](COC(=O)CCCCCCCCCCCCC)COP(=O)(O)OC[C@@H](O)COP(=O)(O)OC[C@@H](COC(=O)CCCCCCCCC)OC(=O)CCCCCCCCC. The van der Waals surface area contributed by atoms with Gasteiger partial charge in [-0.2, -0.15) is 0 Å². The number of ether oxygens (including phenoxy) is 4. The Balaban J connectivity index is 5.22. The van der Waals surface area contributed by atoms with Gasteiger partial charge in [-0.15, -0.1) is 0 Å². The summed E-state index contributed by atoms with van der Waals surface area (Å²) in [4.78, 5) is 71.8. The summed E-state index contributed by atoms with van der Waals surface area (Å²) in [6, 6.07) is 0. The average molecular weight is 1180 g/mol. The van der Waals surface area contributed by atoms with Gasteiger partial charge in [0, 0.05) is 25.7 Å². The molecule has 0 aromatic rings. The highest BCUT2D eigenvalue weighted by molar-refractivity contribution is 7.47. The molecule has 0 aromatic carbocycles. The molecule has 0 heterocycles. The zero-order valence-corrected chi connectivity index (χ0v) is 52.3. The molecule has 0 radical (unpaired) electrons. The predicted octanol–water partition coefficient (Wildman–Crippen LogP) is 16.3. The van der Waals surface area contributed by atoms with Crippen LogP contribution < -0.4 is 0 Å². The number of aliphatic hydroxyl groups excluding tert-OH is 1. The van der Waals surface area contributed by atoms with E-state index in [0.717, 1.165) is 128 Å². The Labute approximate surface area is 484 Å². The molecule has 17 nitrogen and oxygen atoms in total. The largest absolute Gasteiger partial charge is 0.472 e. The molecular weight excluding hydrogens is 1070 g/mol. The summed E-state index contributed by atoms with van der Waals surface area (Å²) in [6.07, 6.45) is 42.7. The molecule has 0 amide bonds. The number of rotatable bonds is 60. The standard InChI is InChI=1S/C61H114O17P2/c1-5-9-13-17-21-23-25-26-27-28-30-32-36-40-44-48-61(66)78-57(52-72-59(64)46-42-38-35-31-29-24-22-18-14-10-6-2)54-76-80(69,70)74-50-55(62)49-73-79(67,68)75-53-56(77-60(65)47-43-39-34-20-16-12-8-4)51-71-58(63)45-41-37-33-19-15-11-7-3/h23,25-27,55-57,62H,5-22,24,28-54H2,1-4H3,(H,67,68)(H,69,70)/b25-23-,27-26-/t55-,56+,57+/m0/s1. The van der Waals surface area contributed by atoms with Gasteiger partial charge >= 0.3 is 39.5 Å². The second-order valence-corrected chi connectivity index (χ2v) is 24.3.